The molecule has 1 aliphatic heterocycles. The maximum absolute atomic E-state index is 13.2. The molecule has 0 radical (unpaired) electrons. The molecule has 2 rings (SSSR count). The highest BCUT2D eigenvalue weighted by atomic mass is 28.4. The summed E-state index contributed by atoms with van der Waals surface area (Å²) >= 11 is 0. The lowest BCUT2D eigenvalue weighted by Crippen LogP contribution is -2.62. The zero-order valence-corrected chi connectivity index (χ0v) is 19.4. The Balaban J connectivity index is 2.58. The summed E-state index contributed by atoms with van der Waals surface area (Å²) in [6.45, 7) is 7.46. The Labute approximate surface area is 179 Å². The van der Waals surface area contributed by atoms with Crippen LogP contribution in [0.5, 0.6) is 0 Å². The minimum Gasteiger partial charge on any atom is -0.448 e. The highest BCUT2D eigenvalue weighted by Gasteiger charge is 2.67. The number of carbonyl (C=O) groups excluding carboxylic acids is 3. The number of carbonyl (C=O) groups is 3. The second-order valence-electron chi connectivity index (χ2n) is 7.41. The summed E-state index contributed by atoms with van der Waals surface area (Å²) in [5.41, 5.74) is -1.59. The first-order valence-corrected chi connectivity index (χ1v) is 13.0. The largest absolute Gasteiger partial charge is 0.448 e. The highest BCUT2D eigenvalue weighted by Crippen LogP contribution is 2.40. The molecule has 0 aromatic heterocycles. The molecule has 1 saturated heterocycles. The minimum absolute atomic E-state index is 0.0514. The van der Waals surface area contributed by atoms with Crippen LogP contribution in [-0.4, -0.2) is 57.6 Å². The first-order valence-electron chi connectivity index (χ1n) is 10.5. The van der Waals surface area contributed by atoms with Gasteiger partial charge in [0.15, 0.2) is 26.3 Å². The molecular weight excluding hydrogens is 404 g/mol. The number of Topliss-reactive ketones (excluding diaryl/α,β-unsaturated/α-hetero) is 2. The van der Waals surface area contributed by atoms with Crippen molar-refractivity contribution in [3.63, 3.8) is 0 Å². The Morgan fingerprint density at radius 3 is 2.17 bits per heavy atom. The number of ether oxygens (including phenoxy) is 3. The average molecular weight is 437 g/mol. The van der Waals surface area contributed by atoms with Crippen molar-refractivity contribution in [2.75, 3.05) is 13.9 Å². The SMILES string of the molecule is CCC(=O)[C@]1(O[Si](CC)(CC)CC)C(=O)O[C@H](C(=O)c2ccccc2)[C@@H]1OCOC. The van der Waals surface area contributed by atoms with Crippen molar-refractivity contribution in [1.82, 2.24) is 0 Å². The molecule has 3 atom stereocenters. The lowest BCUT2D eigenvalue weighted by Gasteiger charge is -2.39. The maximum atomic E-state index is 13.2. The number of rotatable bonds is 12. The van der Waals surface area contributed by atoms with E-state index in [1.54, 1.807) is 37.3 Å². The fourth-order valence-corrected chi connectivity index (χ4v) is 6.83. The van der Waals surface area contributed by atoms with Gasteiger partial charge in [-0.3, -0.25) is 9.59 Å². The van der Waals surface area contributed by atoms with E-state index in [4.69, 9.17) is 18.6 Å². The van der Waals surface area contributed by atoms with E-state index < -0.39 is 43.7 Å². The van der Waals surface area contributed by atoms with E-state index in [9.17, 15) is 14.4 Å². The Morgan fingerprint density at radius 1 is 1.07 bits per heavy atom. The Morgan fingerprint density at radius 2 is 1.67 bits per heavy atom. The second kappa shape index (κ2) is 10.4. The Hall–Kier alpha value is -1.87. The number of esters is 1. The van der Waals surface area contributed by atoms with Crippen LogP contribution < -0.4 is 0 Å². The lowest BCUT2D eigenvalue weighted by atomic mass is 9.87. The van der Waals surface area contributed by atoms with Gasteiger partial charge < -0.3 is 18.6 Å². The molecule has 0 saturated carbocycles. The predicted octanol–water partition coefficient (Wildman–Crippen LogP) is 3.52. The molecule has 0 aliphatic carbocycles. The summed E-state index contributed by atoms with van der Waals surface area (Å²) in [5, 5.41) is 0. The molecule has 0 spiro atoms. The van der Waals surface area contributed by atoms with Crippen LogP contribution in [0, 0.1) is 0 Å². The summed E-state index contributed by atoms with van der Waals surface area (Å²) in [4.78, 5) is 39.6. The molecule has 0 bridgehead atoms. The van der Waals surface area contributed by atoms with Crippen molar-refractivity contribution < 1.29 is 33.0 Å². The van der Waals surface area contributed by atoms with Crippen LogP contribution in [0.3, 0.4) is 0 Å². The molecule has 1 aromatic carbocycles. The van der Waals surface area contributed by atoms with Crippen molar-refractivity contribution in [3.8, 4) is 0 Å². The van der Waals surface area contributed by atoms with Crippen LogP contribution in [0.4, 0.5) is 0 Å². The monoisotopic (exact) mass is 436 g/mol. The van der Waals surface area contributed by atoms with E-state index in [0.29, 0.717) is 5.56 Å². The zero-order valence-electron chi connectivity index (χ0n) is 18.4. The van der Waals surface area contributed by atoms with Gasteiger partial charge in [-0.1, -0.05) is 58.0 Å². The molecule has 1 aromatic rings. The molecule has 1 fully saturated rings. The third kappa shape index (κ3) is 4.41. The molecular formula is C22H32O7Si. The van der Waals surface area contributed by atoms with Gasteiger partial charge >= 0.3 is 5.97 Å². The van der Waals surface area contributed by atoms with E-state index in [1.165, 1.54) is 7.11 Å². The van der Waals surface area contributed by atoms with Gasteiger partial charge in [-0.25, -0.2) is 4.79 Å². The Kier molecular flexibility index (Phi) is 8.49. The molecule has 0 unspecified atom stereocenters. The minimum atomic E-state index is -2.45. The number of benzene rings is 1. The van der Waals surface area contributed by atoms with Gasteiger partial charge in [0.2, 0.25) is 11.4 Å². The van der Waals surface area contributed by atoms with Crippen molar-refractivity contribution in [1.29, 1.82) is 0 Å². The quantitative estimate of drug-likeness (QED) is 0.163. The van der Waals surface area contributed by atoms with Crippen LogP contribution in [-0.2, 0) is 28.2 Å². The summed E-state index contributed by atoms with van der Waals surface area (Å²) in [5.74, 6) is -1.72. The maximum Gasteiger partial charge on any atom is 0.349 e. The van der Waals surface area contributed by atoms with Gasteiger partial charge in [-0.2, -0.15) is 0 Å². The summed E-state index contributed by atoms with van der Waals surface area (Å²) in [6.07, 6.45) is -2.46. The summed E-state index contributed by atoms with van der Waals surface area (Å²) in [6, 6.07) is 10.7. The number of methoxy groups -OCH3 is 1. The van der Waals surface area contributed by atoms with Crippen LogP contribution in [0.2, 0.25) is 18.1 Å². The molecule has 0 amide bonds. The lowest BCUT2D eigenvalue weighted by molar-refractivity contribution is -0.169. The van der Waals surface area contributed by atoms with Gasteiger partial charge in [-0.05, 0) is 18.1 Å². The normalized spacial score (nSPS) is 24.0. The van der Waals surface area contributed by atoms with Gasteiger partial charge in [0.1, 0.15) is 6.79 Å². The van der Waals surface area contributed by atoms with Gasteiger partial charge in [0.05, 0.1) is 0 Å². The van der Waals surface area contributed by atoms with Crippen LogP contribution in [0.25, 0.3) is 0 Å². The van der Waals surface area contributed by atoms with E-state index >= 15 is 0 Å². The van der Waals surface area contributed by atoms with E-state index in [2.05, 4.69) is 0 Å². The van der Waals surface area contributed by atoms with Gasteiger partial charge in [0.25, 0.3) is 0 Å². The molecule has 166 valence electrons. The molecule has 0 N–H and O–H groups in total. The van der Waals surface area contributed by atoms with Crippen LogP contribution in [0.15, 0.2) is 30.3 Å². The zero-order chi connectivity index (χ0) is 22.4. The van der Waals surface area contributed by atoms with Crippen LogP contribution in [0.1, 0.15) is 44.5 Å². The number of hydrogen-bond acceptors (Lipinski definition) is 7. The molecule has 1 aliphatic rings. The first kappa shape index (κ1) is 24.4. The third-order valence-electron chi connectivity index (χ3n) is 5.94. The number of ketones is 2. The smallest absolute Gasteiger partial charge is 0.349 e. The van der Waals surface area contributed by atoms with Crippen LogP contribution >= 0.6 is 0 Å². The van der Waals surface area contributed by atoms with Crippen molar-refractivity contribution in [2.24, 2.45) is 0 Å². The second-order valence-corrected chi connectivity index (χ2v) is 12.1. The molecule has 7 nitrogen and oxygen atoms in total. The van der Waals surface area contributed by atoms with Crippen molar-refractivity contribution in [2.45, 2.75) is 70.1 Å². The van der Waals surface area contributed by atoms with E-state index in [1.807, 2.05) is 20.8 Å². The fraction of sp³-hybridized carbons (Fsp3) is 0.591. The fourth-order valence-electron chi connectivity index (χ4n) is 3.90. The third-order valence-corrected chi connectivity index (χ3v) is 10.6. The average Bonchev–Trinajstić information content (AvgIpc) is 3.07. The predicted molar refractivity (Wildman–Crippen MR) is 114 cm³/mol. The van der Waals surface area contributed by atoms with E-state index in [0.717, 1.165) is 18.1 Å². The summed E-state index contributed by atoms with van der Waals surface area (Å²) < 4.78 is 22.8. The highest BCUT2D eigenvalue weighted by molar-refractivity contribution is 6.74. The summed E-state index contributed by atoms with van der Waals surface area (Å²) in [7, 11) is -1.02. The first-order chi connectivity index (χ1) is 14.4. The standard InChI is InChI=1S/C22H32O7Si/c1-6-17(23)22(29-30(7-2,8-3)9-4)20(27-15-26-5)19(28-21(22)25)18(24)16-13-11-10-12-14-16/h10-14,19-20H,6-9,15H2,1-5H3/t19-,20+,22-/m1/s1. The number of cyclic esters (lactones) is 1. The number of hydrogen-bond donors (Lipinski definition) is 0. The van der Waals surface area contributed by atoms with Gasteiger partial charge in [-0.15, -0.1) is 0 Å². The Bertz CT molecular complexity index is 739. The van der Waals surface area contributed by atoms with E-state index in [-0.39, 0.29) is 13.2 Å². The molecule has 1 heterocycles. The van der Waals surface area contributed by atoms with Crippen molar-refractivity contribution in [3.05, 3.63) is 35.9 Å². The van der Waals surface area contributed by atoms with Gasteiger partial charge in [0, 0.05) is 19.1 Å². The topological polar surface area (TPSA) is 88.1 Å². The molecule has 8 heteroatoms. The van der Waals surface area contributed by atoms with Crippen molar-refractivity contribution >= 4 is 25.9 Å². The molecule has 30 heavy (non-hydrogen) atoms.